The first-order valence-corrected chi connectivity index (χ1v) is 8.24. The van der Waals surface area contributed by atoms with E-state index in [0.29, 0.717) is 24.1 Å². The predicted octanol–water partition coefficient (Wildman–Crippen LogP) is 2.54. The van der Waals surface area contributed by atoms with Crippen LogP contribution in [0.15, 0.2) is 10.6 Å². The van der Waals surface area contributed by atoms with Gasteiger partial charge in [0.25, 0.3) is 5.91 Å². The summed E-state index contributed by atoms with van der Waals surface area (Å²) in [6.07, 6.45) is 1.97. The molecule has 0 aliphatic carbocycles. The Kier molecular flexibility index (Phi) is 5.47. The van der Waals surface area contributed by atoms with Gasteiger partial charge in [-0.3, -0.25) is 4.79 Å². The largest absolute Gasteiger partial charge is 0.368 e. The van der Waals surface area contributed by atoms with E-state index in [1.807, 2.05) is 27.8 Å². The van der Waals surface area contributed by atoms with Gasteiger partial charge in [0.15, 0.2) is 11.5 Å². The summed E-state index contributed by atoms with van der Waals surface area (Å²) in [5.41, 5.74) is 0.101. The molecule has 23 heavy (non-hydrogen) atoms. The Balaban J connectivity index is 1.96. The maximum absolute atomic E-state index is 12.6. The molecule has 1 aromatic heterocycles. The molecule has 6 heteroatoms. The van der Waals surface area contributed by atoms with Gasteiger partial charge in [-0.2, -0.15) is 0 Å². The number of ether oxygens (including phenoxy) is 1. The SMILES string of the molecule is C[C@@H]1C[C@H](N(C)C(=O)c2cc(COC(C)(C)C)on2)CCN1C. The summed E-state index contributed by atoms with van der Waals surface area (Å²) in [4.78, 5) is 16.7. The third-order valence-electron chi connectivity index (χ3n) is 4.47. The van der Waals surface area contributed by atoms with Crippen LogP contribution >= 0.6 is 0 Å². The molecule has 2 atom stereocenters. The number of hydrogen-bond donors (Lipinski definition) is 0. The standard InChI is InChI=1S/C17H29N3O3/c1-12-9-13(7-8-19(12)5)20(6)16(21)15-10-14(23-18-15)11-22-17(2,3)4/h10,12-13H,7-9,11H2,1-6H3/t12-,13-/m1/s1. The van der Waals surface area contributed by atoms with Gasteiger partial charge in [0.2, 0.25) is 0 Å². The Bertz CT molecular complexity index is 535. The van der Waals surface area contributed by atoms with Crippen LogP contribution in [-0.4, -0.2) is 59.2 Å². The molecule has 1 saturated heterocycles. The molecule has 0 aromatic carbocycles. The van der Waals surface area contributed by atoms with Gasteiger partial charge in [-0.25, -0.2) is 0 Å². The molecule has 0 saturated carbocycles. The fourth-order valence-corrected chi connectivity index (χ4v) is 2.73. The van der Waals surface area contributed by atoms with E-state index in [2.05, 4.69) is 24.0 Å². The minimum absolute atomic E-state index is 0.0856. The van der Waals surface area contributed by atoms with Gasteiger partial charge in [-0.1, -0.05) is 5.16 Å². The number of amides is 1. The summed E-state index contributed by atoms with van der Waals surface area (Å²) in [6.45, 7) is 9.45. The van der Waals surface area contributed by atoms with Crippen molar-refractivity contribution in [2.24, 2.45) is 0 Å². The Morgan fingerprint density at radius 1 is 1.52 bits per heavy atom. The fraction of sp³-hybridized carbons (Fsp3) is 0.765. The fourth-order valence-electron chi connectivity index (χ4n) is 2.73. The molecule has 6 nitrogen and oxygen atoms in total. The molecule has 2 rings (SSSR count). The van der Waals surface area contributed by atoms with Gasteiger partial charge in [0, 0.05) is 31.7 Å². The van der Waals surface area contributed by atoms with Gasteiger partial charge < -0.3 is 19.1 Å². The molecule has 1 aliphatic heterocycles. The molecule has 0 bridgehead atoms. The van der Waals surface area contributed by atoms with Crippen LogP contribution in [0.3, 0.4) is 0 Å². The zero-order chi connectivity index (χ0) is 17.2. The summed E-state index contributed by atoms with van der Waals surface area (Å²) in [5.74, 6) is 0.492. The van der Waals surface area contributed by atoms with Crippen molar-refractivity contribution in [3.63, 3.8) is 0 Å². The van der Waals surface area contributed by atoms with Crippen LogP contribution < -0.4 is 0 Å². The zero-order valence-corrected chi connectivity index (χ0v) is 15.1. The Hall–Kier alpha value is -1.40. The van der Waals surface area contributed by atoms with Gasteiger partial charge >= 0.3 is 0 Å². The van der Waals surface area contributed by atoms with Crippen LogP contribution in [-0.2, 0) is 11.3 Å². The summed E-state index contributed by atoms with van der Waals surface area (Å²) in [6, 6.07) is 2.42. The normalized spacial score (nSPS) is 23.0. The van der Waals surface area contributed by atoms with Crippen LogP contribution in [0.4, 0.5) is 0 Å². The topological polar surface area (TPSA) is 58.8 Å². The second kappa shape index (κ2) is 7.01. The van der Waals surface area contributed by atoms with Gasteiger partial charge in [-0.05, 0) is 47.6 Å². The molecule has 0 radical (unpaired) electrons. The second-order valence-corrected chi connectivity index (χ2v) is 7.50. The maximum atomic E-state index is 12.6. The van der Waals surface area contributed by atoms with Crippen LogP contribution in [0.1, 0.15) is 56.8 Å². The lowest BCUT2D eigenvalue weighted by atomic mass is 9.97. The maximum Gasteiger partial charge on any atom is 0.276 e. The minimum Gasteiger partial charge on any atom is -0.368 e. The molecule has 0 N–H and O–H groups in total. The molecule has 0 spiro atoms. The van der Waals surface area contributed by atoms with Crippen molar-refractivity contribution < 1.29 is 14.1 Å². The lowest BCUT2D eigenvalue weighted by molar-refractivity contribution is -0.0241. The monoisotopic (exact) mass is 323 g/mol. The van der Waals surface area contributed by atoms with E-state index in [-0.39, 0.29) is 17.6 Å². The highest BCUT2D eigenvalue weighted by Crippen LogP contribution is 2.21. The van der Waals surface area contributed by atoms with Gasteiger partial charge in [-0.15, -0.1) is 0 Å². The third kappa shape index (κ3) is 4.78. The predicted molar refractivity (Wildman–Crippen MR) is 88.3 cm³/mol. The third-order valence-corrected chi connectivity index (χ3v) is 4.47. The molecule has 0 unspecified atom stereocenters. The number of aromatic nitrogens is 1. The molecular weight excluding hydrogens is 294 g/mol. The Morgan fingerprint density at radius 2 is 2.22 bits per heavy atom. The van der Waals surface area contributed by atoms with E-state index >= 15 is 0 Å². The number of carbonyl (C=O) groups excluding carboxylic acids is 1. The number of rotatable bonds is 4. The average Bonchev–Trinajstić information content (AvgIpc) is 2.95. The Labute approximate surface area is 138 Å². The first kappa shape index (κ1) is 17.9. The van der Waals surface area contributed by atoms with Crippen molar-refractivity contribution in [3.05, 3.63) is 17.5 Å². The summed E-state index contributed by atoms with van der Waals surface area (Å²) < 4.78 is 10.9. The molecule has 130 valence electrons. The Morgan fingerprint density at radius 3 is 2.83 bits per heavy atom. The lowest BCUT2D eigenvalue weighted by Gasteiger charge is -2.39. The van der Waals surface area contributed by atoms with Crippen LogP contribution in [0.5, 0.6) is 0 Å². The van der Waals surface area contributed by atoms with Gasteiger partial charge in [0.1, 0.15) is 6.61 Å². The highest BCUT2D eigenvalue weighted by Gasteiger charge is 2.29. The second-order valence-electron chi connectivity index (χ2n) is 7.50. The summed E-state index contributed by atoms with van der Waals surface area (Å²) in [7, 11) is 3.98. The number of piperidine rings is 1. The van der Waals surface area contributed by atoms with Crippen LogP contribution in [0.2, 0.25) is 0 Å². The smallest absolute Gasteiger partial charge is 0.276 e. The summed E-state index contributed by atoms with van der Waals surface area (Å²) in [5, 5.41) is 3.91. The van der Waals surface area contributed by atoms with Crippen molar-refractivity contribution in [3.8, 4) is 0 Å². The van der Waals surface area contributed by atoms with Crippen LogP contribution in [0, 0.1) is 0 Å². The lowest BCUT2D eigenvalue weighted by Crippen LogP contribution is -2.48. The van der Waals surface area contributed by atoms with E-state index in [4.69, 9.17) is 9.26 Å². The molecular formula is C17H29N3O3. The van der Waals surface area contributed by atoms with E-state index in [1.165, 1.54) is 0 Å². The van der Waals surface area contributed by atoms with E-state index in [1.54, 1.807) is 11.0 Å². The van der Waals surface area contributed by atoms with Crippen LogP contribution in [0.25, 0.3) is 0 Å². The highest BCUT2D eigenvalue weighted by molar-refractivity contribution is 5.92. The first-order chi connectivity index (χ1) is 10.7. The van der Waals surface area contributed by atoms with E-state index in [0.717, 1.165) is 19.4 Å². The zero-order valence-electron chi connectivity index (χ0n) is 15.1. The molecule has 1 fully saturated rings. The number of likely N-dealkylation sites (tertiary alicyclic amines) is 1. The van der Waals surface area contributed by atoms with Crippen molar-refractivity contribution in [2.75, 3.05) is 20.6 Å². The van der Waals surface area contributed by atoms with E-state index < -0.39 is 0 Å². The number of hydrogen-bond acceptors (Lipinski definition) is 5. The van der Waals surface area contributed by atoms with Crippen molar-refractivity contribution in [2.45, 2.75) is 64.8 Å². The average molecular weight is 323 g/mol. The number of nitrogens with zero attached hydrogens (tertiary/aromatic N) is 3. The number of carbonyl (C=O) groups is 1. The minimum atomic E-state index is -0.252. The molecule has 1 aromatic rings. The molecule has 1 aliphatic rings. The van der Waals surface area contributed by atoms with Gasteiger partial charge in [0.05, 0.1) is 5.60 Å². The highest BCUT2D eigenvalue weighted by atomic mass is 16.5. The quantitative estimate of drug-likeness (QED) is 0.852. The first-order valence-electron chi connectivity index (χ1n) is 8.24. The van der Waals surface area contributed by atoms with Crippen molar-refractivity contribution in [1.29, 1.82) is 0 Å². The summed E-state index contributed by atoms with van der Waals surface area (Å²) >= 11 is 0. The van der Waals surface area contributed by atoms with E-state index in [9.17, 15) is 4.79 Å². The van der Waals surface area contributed by atoms with Crippen molar-refractivity contribution in [1.82, 2.24) is 15.0 Å². The molecule has 1 amide bonds. The molecule has 2 heterocycles. The van der Waals surface area contributed by atoms with Crippen molar-refractivity contribution >= 4 is 5.91 Å².